The van der Waals surface area contributed by atoms with E-state index in [1.807, 2.05) is 0 Å². The van der Waals surface area contributed by atoms with Crippen molar-refractivity contribution < 1.29 is 27.4 Å². The molecular weight excluding hydrogens is 346 g/mol. The highest BCUT2D eigenvalue weighted by Crippen LogP contribution is 2.32. The normalized spacial score (nSPS) is 13.4. The van der Waals surface area contributed by atoms with Crippen LogP contribution < -0.4 is 23.7 Å². The summed E-state index contributed by atoms with van der Waals surface area (Å²) in [4.78, 5) is 0.122. The van der Waals surface area contributed by atoms with Gasteiger partial charge >= 0.3 is 0 Å². The number of hydrogen-bond acceptors (Lipinski definition) is 6. The fraction of sp³-hybridized carbons (Fsp3) is 0.294. The molecule has 2 aromatic rings. The molecular formula is C17H19NO6S. The highest BCUT2D eigenvalue weighted by molar-refractivity contribution is 7.89. The predicted molar refractivity (Wildman–Crippen MR) is 91.0 cm³/mol. The van der Waals surface area contributed by atoms with E-state index in [2.05, 4.69) is 4.72 Å². The number of sulfonamides is 1. The Balaban J connectivity index is 1.76. The minimum absolute atomic E-state index is 0.122. The first-order valence-electron chi connectivity index (χ1n) is 7.64. The number of benzene rings is 2. The fourth-order valence-corrected chi connectivity index (χ4v) is 3.48. The molecule has 0 spiro atoms. The van der Waals surface area contributed by atoms with Crippen molar-refractivity contribution in [2.24, 2.45) is 0 Å². The van der Waals surface area contributed by atoms with Crippen LogP contribution >= 0.6 is 0 Å². The summed E-state index contributed by atoms with van der Waals surface area (Å²) in [6.45, 7) is 0.976. The van der Waals surface area contributed by atoms with Gasteiger partial charge in [-0.15, -0.1) is 0 Å². The third-order valence-electron chi connectivity index (χ3n) is 3.74. The third kappa shape index (κ3) is 3.80. The van der Waals surface area contributed by atoms with E-state index in [9.17, 15) is 8.42 Å². The lowest BCUT2D eigenvalue weighted by Gasteiger charge is -2.19. The zero-order chi connectivity index (χ0) is 17.9. The van der Waals surface area contributed by atoms with Crippen molar-refractivity contribution >= 4 is 10.0 Å². The fourth-order valence-electron chi connectivity index (χ4n) is 2.44. The van der Waals surface area contributed by atoms with Gasteiger partial charge in [0.05, 0.1) is 19.1 Å². The molecule has 1 aliphatic heterocycles. The van der Waals surface area contributed by atoms with Crippen LogP contribution in [0.4, 0.5) is 0 Å². The molecule has 1 N–H and O–H groups in total. The number of rotatable bonds is 6. The maximum Gasteiger partial charge on any atom is 0.241 e. The molecule has 0 unspecified atom stereocenters. The van der Waals surface area contributed by atoms with E-state index in [0.717, 1.165) is 5.56 Å². The quantitative estimate of drug-likeness (QED) is 0.843. The lowest BCUT2D eigenvalue weighted by atomic mass is 10.2. The Morgan fingerprint density at radius 3 is 2.40 bits per heavy atom. The van der Waals surface area contributed by atoms with Crippen LogP contribution in [0.5, 0.6) is 23.0 Å². The molecule has 3 rings (SSSR count). The van der Waals surface area contributed by atoms with E-state index >= 15 is 0 Å². The van der Waals surface area contributed by atoms with Crippen molar-refractivity contribution in [3.8, 4) is 23.0 Å². The van der Waals surface area contributed by atoms with Gasteiger partial charge in [0.1, 0.15) is 13.2 Å². The summed E-state index contributed by atoms with van der Waals surface area (Å²) in [7, 11) is -0.612. The van der Waals surface area contributed by atoms with Crippen molar-refractivity contribution in [2.45, 2.75) is 11.4 Å². The van der Waals surface area contributed by atoms with Gasteiger partial charge in [0.2, 0.25) is 10.0 Å². The molecule has 0 aliphatic carbocycles. The Kier molecular flexibility index (Phi) is 5.00. The second-order valence-electron chi connectivity index (χ2n) is 5.32. The summed E-state index contributed by atoms with van der Waals surface area (Å²) in [5, 5.41) is 0. The monoisotopic (exact) mass is 365 g/mol. The van der Waals surface area contributed by atoms with E-state index in [1.165, 1.54) is 19.2 Å². The van der Waals surface area contributed by atoms with Crippen LogP contribution in [0.25, 0.3) is 0 Å². The van der Waals surface area contributed by atoms with Crippen molar-refractivity contribution in [1.29, 1.82) is 0 Å². The van der Waals surface area contributed by atoms with Gasteiger partial charge in [-0.1, -0.05) is 6.07 Å². The van der Waals surface area contributed by atoms with Gasteiger partial charge in [0.15, 0.2) is 23.0 Å². The lowest BCUT2D eigenvalue weighted by Crippen LogP contribution is -2.24. The summed E-state index contributed by atoms with van der Waals surface area (Å²) in [6.07, 6.45) is 0. The zero-order valence-corrected chi connectivity index (χ0v) is 14.8. The average molecular weight is 365 g/mol. The zero-order valence-electron chi connectivity index (χ0n) is 13.9. The van der Waals surface area contributed by atoms with E-state index < -0.39 is 10.0 Å². The highest BCUT2D eigenvalue weighted by atomic mass is 32.2. The summed E-state index contributed by atoms with van der Waals surface area (Å²) >= 11 is 0. The molecule has 0 saturated heterocycles. The summed E-state index contributed by atoms with van der Waals surface area (Å²) in [6, 6.07) is 9.78. The van der Waals surface area contributed by atoms with Gasteiger partial charge in [-0.25, -0.2) is 13.1 Å². The molecule has 1 aliphatic rings. The first-order valence-corrected chi connectivity index (χ1v) is 9.12. The molecule has 1 heterocycles. The first-order chi connectivity index (χ1) is 12.0. The van der Waals surface area contributed by atoms with E-state index in [-0.39, 0.29) is 11.4 Å². The van der Waals surface area contributed by atoms with Gasteiger partial charge in [-0.2, -0.15) is 0 Å². The van der Waals surface area contributed by atoms with Crippen LogP contribution in [0.2, 0.25) is 0 Å². The van der Waals surface area contributed by atoms with Crippen LogP contribution in [0, 0.1) is 0 Å². The molecule has 2 aromatic carbocycles. The minimum Gasteiger partial charge on any atom is -0.493 e. The Morgan fingerprint density at radius 1 is 0.960 bits per heavy atom. The van der Waals surface area contributed by atoms with Gasteiger partial charge in [-0.05, 0) is 29.8 Å². The second-order valence-corrected chi connectivity index (χ2v) is 7.09. The van der Waals surface area contributed by atoms with Crippen LogP contribution in [0.15, 0.2) is 41.3 Å². The summed E-state index contributed by atoms with van der Waals surface area (Å²) in [5.74, 6) is 2.10. The standard InChI is InChI=1S/C17H19NO6S/c1-21-14-5-3-12(9-16(14)22-2)11-18-25(19,20)13-4-6-15-17(10-13)24-8-7-23-15/h3-6,9-10,18H,7-8,11H2,1-2H3. The van der Waals surface area contributed by atoms with Crippen LogP contribution in [0.3, 0.4) is 0 Å². The minimum atomic E-state index is -3.68. The molecule has 0 radical (unpaired) electrons. The average Bonchev–Trinajstić information content (AvgIpc) is 2.65. The number of methoxy groups -OCH3 is 2. The molecule has 8 heteroatoms. The molecule has 0 atom stereocenters. The molecule has 0 amide bonds. The van der Waals surface area contributed by atoms with Crippen molar-refractivity contribution in [1.82, 2.24) is 4.72 Å². The maximum absolute atomic E-state index is 12.5. The van der Waals surface area contributed by atoms with Gasteiger partial charge < -0.3 is 18.9 Å². The molecule has 134 valence electrons. The van der Waals surface area contributed by atoms with Crippen LogP contribution in [0.1, 0.15) is 5.56 Å². The Labute approximate surface area is 146 Å². The Morgan fingerprint density at radius 2 is 1.68 bits per heavy atom. The predicted octanol–water partition coefficient (Wildman–Crippen LogP) is 1.95. The van der Waals surface area contributed by atoms with Crippen LogP contribution in [-0.4, -0.2) is 35.9 Å². The molecule has 0 saturated carbocycles. The number of nitrogens with one attached hydrogen (secondary N) is 1. The largest absolute Gasteiger partial charge is 0.493 e. The van der Waals surface area contributed by atoms with E-state index in [0.29, 0.717) is 36.2 Å². The lowest BCUT2D eigenvalue weighted by molar-refractivity contribution is 0.171. The first kappa shape index (κ1) is 17.4. The maximum atomic E-state index is 12.5. The van der Waals surface area contributed by atoms with Crippen molar-refractivity contribution in [3.63, 3.8) is 0 Å². The number of fused-ring (bicyclic) bond motifs is 1. The molecule has 0 aromatic heterocycles. The topological polar surface area (TPSA) is 83.1 Å². The van der Waals surface area contributed by atoms with E-state index in [1.54, 1.807) is 31.4 Å². The summed E-state index contributed by atoms with van der Waals surface area (Å²) in [5.41, 5.74) is 0.749. The molecule has 0 bridgehead atoms. The molecule has 25 heavy (non-hydrogen) atoms. The smallest absolute Gasteiger partial charge is 0.241 e. The Bertz CT molecular complexity index is 865. The Hall–Kier alpha value is -2.45. The molecule has 0 fully saturated rings. The van der Waals surface area contributed by atoms with Crippen molar-refractivity contribution in [2.75, 3.05) is 27.4 Å². The number of ether oxygens (including phenoxy) is 4. The van der Waals surface area contributed by atoms with Gasteiger partial charge in [0.25, 0.3) is 0 Å². The van der Waals surface area contributed by atoms with Crippen LogP contribution in [-0.2, 0) is 16.6 Å². The van der Waals surface area contributed by atoms with Gasteiger partial charge in [-0.3, -0.25) is 0 Å². The number of hydrogen-bond donors (Lipinski definition) is 1. The van der Waals surface area contributed by atoms with Crippen molar-refractivity contribution in [3.05, 3.63) is 42.0 Å². The SMILES string of the molecule is COc1ccc(CNS(=O)(=O)c2ccc3c(c2)OCCO3)cc1OC. The van der Waals surface area contributed by atoms with E-state index in [4.69, 9.17) is 18.9 Å². The summed E-state index contributed by atoms with van der Waals surface area (Å²) < 4.78 is 48.8. The third-order valence-corrected chi connectivity index (χ3v) is 5.14. The second kappa shape index (κ2) is 7.20. The van der Waals surface area contributed by atoms with Gasteiger partial charge in [0, 0.05) is 12.6 Å². The highest BCUT2D eigenvalue weighted by Gasteiger charge is 2.19. The molecule has 7 nitrogen and oxygen atoms in total.